The van der Waals surface area contributed by atoms with Gasteiger partial charge in [0.2, 0.25) is 0 Å². The van der Waals surface area contributed by atoms with Gasteiger partial charge in [0, 0.05) is 10.6 Å². The van der Waals surface area contributed by atoms with Crippen LogP contribution >= 0.6 is 23.2 Å². The first-order valence-electron chi connectivity index (χ1n) is 6.38. The Morgan fingerprint density at radius 1 is 1.00 bits per heavy atom. The van der Waals surface area contributed by atoms with Gasteiger partial charge in [-0.25, -0.2) is 4.68 Å². The summed E-state index contributed by atoms with van der Waals surface area (Å²) in [7, 11) is 0. The van der Waals surface area contributed by atoms with Gasteiger partial charge in [0.1, 0.15) is 5.15 Å². The van der Waals surface area contributed by atoms with Gasteiger partial charge in [-0.05, 0) is 35.4 Å². The third-order valence-electron chi connectivity index (χ3n) is 3.20. The number of hydrogen-bond acceptors (Lipinski definition) is 2. The standard InChI is InChI=1S/C16H12Cl2N2O/c17-14-5-1-3-11(7-14)12-4-2-6-15(8-12)20-16(18)13(10-21)9-19-20/h1-9,21H,10H2. The average Bonchev–Trinajstić information content (AvgIpc) is 2.88. The average molecular weight is 319 g/mol. The third-order valence-corrected chi connectivity index (χ3v) is 3.84. The summed E-state index contributed by atoms with van der Waals surface area (Å²) in [5.74, 6) is 0. The molecule has 0 unspecified atom stereocenters. The van der Waals surface area contributed by atoms with Crippen LogP contribution in [0.4, 0.5) is 0 Å². The van der Waals surface area contributed by atoms with E-state index in [1.54, 1.807) is 10.9 Å². The van der Waals surface area contributed by atoms with Crippen molar-refractivity contribution in [2.75, 3.05) is 0 Å². The molecule has 0 saturated carbocycles. The predicted octanol–water partition coefficient (Wildman–Crippen LogP) is 4.34. The number of hydrogen-bond donors (Lipinski definition) is 1. The Kier molecular flexibility index (Phi) is 3.97. The monoisotopic (exact) mass is 318 g/mol. The highest BCUT2D eigenvalue weighted by Gasteiger charge is 2.10. The fraction of sp³-hybridized carbons (Fsp3) is 0.0625. The van der Waals surface area contributed by atoms with E-state index in [1.165, 1.54) is 0 Å². The van der Waals surface area contributed by atoms with Crippen LogP contribution < -0.4 is 0 Å². The fourth-order valence-electron chi connectivity index (χ4n) is 2.14. The molecule has 1 aromatic heterocycles. The summed E-state index contributed by atoms with van der Waals surface area (Å²) >= 11 is 12.2. The van der Waals surface area contributed by atoms with Crippen LogP contribution in [-0.2, 0) is 6.61 Å². The highest BCUT2D eigenvalue weighted by Crippen LogP contribution is 2.26. The number of nitrogens with zero attached hydrogens (tertiary/aromatic N) is 2. The van der Waals surface area contributed by atoms with Gasteiger partial charge in [0.25, 0.3) is 0 Å². The van der Waals surface area contributed by atoms with Crippen LogP contribution in [0, 0.1) is 0 Å². The molecule has 3 aromatic rings. The SMILES string of the molecule is OCc1cnn(-c2cccc(-c3cccc(Cl)c3)c2)c1Cl. The van der Waals surface area contributed by atoms with Gasteiger partial charge in [-0.2, -0.15) is 5.10 Å². The van der Waals surface area contributed by atoms with Crippen LogP contribution in [0.1, 0.15) is 5.56 Å². The molecule has 1 heterocycles. The van der Waals surface area contributed by atoms with E-state index in [2.05, 4.69) is 5.10 Å². The lowest BCUT2D eigenvalue weighted by atomic mass is 10.1. The number of benzene rings is 2. The molecule has 1 N–H and O–H groups in total. The van der Waals surface area contributed by atoms with Gasteiger partial charge in [-0.15, -0.1) is 0 Å². The van der Waals surface area contributed by atoms with Crippen molar-refractivity contribution in [3.05, 3.63) is 70.5 Å². The molecule has 0 spiro atoms. The van der Waals surface area contributed by atoms with Crippen molar-refractivity contribution in [3.63, 3.8) is 0 Å². The molecule has 0 aliphatic heterocycles. The number of halogens is 2. The predicted molar refractivity (Wildman–Crippen MR) is 84.9 cm³/mol. The van der Waals surface area contributed by atoms with E-state index in [4.69, 9.17) is 23.2 Å². The van der Waals surface area contributed by atoms with E-state index in [1.807, 2.05) is 48.5 Å². The van der Waals surface area contributed by atoms with E-state index in [0.717, 1.165) is 16.8 Å². The first-order chi connectivity index (χ1) is 10.2. The summed E-state index contributed by atoms with van der Waals surface area (Å²) in [4.78, 5) is 0. The van der Waals surface area contributed by atoms with Crippen LogP contribution in [-0.4, -0.2) is 14.9 Å². The van der Waals surface area contributed by atoms with Gasteiger partial charge in [0.05, 0.1) is 18.5 Å². The highest BCUT2D eigenvalue weighted by molar-refractivity contribution is 6.31. The number of aliphatic hydroxyl groups is 1. The Bertz CT molecular complexity index is 783. The lowest BCUT2D eigenvalue weighted by molar-refractivity contribution is 0.282. The van der Waals surface area contributed by atoms with Crippen molar-refractivity contribution < 1.29 is 5.11 Å². The minimum Gasteiger partial charge on any atom is -0.392 e. The van der Waals surface area contributed by atoms with Gasteiger partial charge in [-0.1, -0.05) is 47.5 Å². The molecule has 0 amide bonds. The summed E-state index contributed by atoms with van der Waals surface area (Å²) in [5.41, 5.74) is 3.48. The zero-order valence-corrected chi connectivity index (χ0v) is 12.5. The van der Waals surface area contributed by atoms with Crippen LogP contribution in [0.25, 0.3) is 16.8 Å². The minimum atomic E-state index is -0.132. The van der Waals surface area contributed by atoms with E-state index in [-0.39, 0.29) is 6.61 Å². The van der Waals surface area contributed by atoms with Crippen molar-refractivity contribution in [3.8, 4) is 16.8 Å². The molecule has 0 saturated heterocycles. The molecule has 5 heteroatoms. The normalized spacial score (nSPS) is 10.8. The van der Waals surface area contributed by atoms with Gasteiger partial charge in [0.15, 0.2) is 0 Å². The summed E-state index contributed by atoms with van der Waals surface area (Å²) in [6, 6.07) is 15.5. The second kappa shape index (κ2) is 5.90. The topological polar surface area (TPSA) is 38.1 Å². The van der Waals surface area contributed by atoms with Crippen LogP contribution in [0.2, 0.25) is 10.2 Å². The van der Waals surface area contributed by atoms with Crippen molar-refractivity contribution >= 4 is 23.2 Å². The molecule has 0 aliphatic rings. The zero-order chi connectivity index (χ0) is 14.8. The van der Waals surface area contributed by atoms with Crippen molar-refractivity contribution in [2.24, 2.45) is 0 Å². The second-order valence-electron chi connectivity index (χ2n) is 4.59. The Balaban J connectivity index is 2.06. The molecule has 3 rings (SSSR count). The van der Waals surface area contributed by atoms with Crippen LogP contribution in [0.3, 0.4) is 0 Å². The summed E-state index contributed by atoms with van der Waals surface area (Å²) in [5, 5.41) is 14.5. The molecule has 0 atom stereocenters. The minimum absolute atomic E-state index is 0.132. The Morgan fingerprint density at radius 3 is 2.38 bits per heavy atom. The lowest BCUT2D eigenvalue weighted by Gasteiger charge is -2.07. The smallest absolute Gasteiger partial charge is 0.138 e. The molecule has 21 heavy (non-hydrogen) atoms. The molecular formula is C16H12Cl2N2O. The quantitative estimate of drug-likeness (QED) is 0.780. The maximum Gasteiger partial charge on any atom is 0.138 e. The Morgan fingerprint density at radius 2 is 1.71 bits per heavy atom. The van der Waals surface area contributed by atoms with Gasteiger partial charge >= 0.3 is 0 Å². The molecule has 0 fully saturated rings. The Labute approximate surface area is 132 Å². The molecule has 0 aliphatic carbocycles. The molecule has 3 nitrogen and oxygen atoms in total. The summed E-state index contributed by atoms with van der Waals surface area (Å²) in [6.45, 7) is -0.132. The van der Waals surface area contributed by atoms with E-state index in [9.17, 15) is 5.11 Å². The van der Waals surface area contributed by atoms with Crippen LogP contribution in [0.15, 0.2) is 54.7 Å². The Hall–Kier alpha value is -1.81. The van der Waals surface area contributed by atoms with Gasteiger partial charge < -0.3 is 5.11 Å². The van der Waals surface area contributed by atoms with Crippen molar-refractivity contribution in [2.45, 2.75) is 6.61 Å². The van der Waals surface area contributed by atoms with Crippen LogP contribution in [0.5, 0.6) is 0 Å². The zero-order valence-electron chi connectivity index (χ0n) is 11.0. The van der Waals surface area contributed by atoms with E-state index >= 15 is 0 Å². The van der Waals surface area contributed by atoms with Crippen molar-refractivity contribution in [1.82, 2.24) is 9.78 Å². The molecule has 106 valence electrons. The molecule has 0 radical (unpaired) electrons. The van der Waals surface area contributed by atoms with E-state index < -0.39 is 0 Å². The van der Waals surface area contributed by atoms with E-state index in [0.29, 0.717) is 15.7 Å². The third kappa shape index (κ3) is 2.81. The largest absolute Gasteiger partial charge is 0.392 e. The maximum absolute atomic E-state index is 9.19. The summed E-state index contributed by atoms with van der Waals surface area (Å²) in [6.07, 6.45) is 1.56. The second-order valence-corrected chi connectivity index (χ2v) is 5.39. The fourth-order valence-corrected chi connectivity index (χ4v) is 2.58. The first-order valence-corrected chi connectivity index (χ1v) is 7.14. The molecular weight excluding hydrogens is 307 g/mol. The number of aliphatic hydroxyl groups excluding tert-OH is 1. The molecule has 2 aromatic carbocycles. The summed E-state index contributed by atoms with van der Waals surface area (Å²) < 4.78 is 1.60. The van der Waals surface area contributed by atoms with Crippen molar-refractivity contribution in [1.29, 1.82) is 0 Å². The molecule has 0 bridgehead atoms. The number of aromatic nitrogens is 2. The lowest BCUT2D eigenvalue weighted by Crippen LogP contribution is -1.97. The highest BCUT2D eigenvalue weighted by atomic mass is 35.5. The number of rotatable bonds is 3. The maximum atomic E-state index is 9.19. The van der Waals surface area contributed by atoms with Gasteiger partial charge in [-0.3, -0.25) is 0 Å². The first kappa shape index (κ1) is 14.1.